The van der Waals surface area contributed by atoms with Crippen molar-refractivity contribution in [2.45, 2.75) is 17.3 Å². The number of aromatic amines is 1. The molecule has 1 unspecified atom stereocenters. The van der Waals surface area contributed by atoms with Gasteiger partial charge in [0.05, 0.1) is 12.3 Å². The van der Waals surface area contributed by atoms with Crippen LogP contribution in [0, 0.1) is 0 Å². The van der Waals surface area contributed by atoms with Gasteiger partial charge < -0.3 is 20.8 Å². The Morgan fingerprint density at radius 2 is 1.93 bits per heavy atom. The summed E-state index contributed by atoms with van der Waals surface area (Å²) in [7, 11) is 0. The minimum Gasteiger partial charge on any atom is -0.492 e. The number of carbonyl (C=O) groups is 1. The lowest BCUT2D eigenvalue weighted by Crippen LogP contribution is -2.20. The third-order valence-corrected chi connectivity index (χ3v) is 4.89. The molecule has 0 fully saturated rings. The Balaban J connectivity index is 1.91. The van der Waals surface area contributed by atoms with Crippen LogP contribution in [0.25, 0.3) is 0 Å². The maximum Gasteiger partial charge on any atom is 0.253 e. The summed E-state index contributed by atoms with van der Waals surface area (Å²) in [6.07, 6.45) is 0. The van der Waals surface area contributed by atoms with E-state index in [4.69, 9.17) is 10.5 Å². The third-order valence-electron chi connectivity index (χ3n) is 3.75. The number of carbonyl (C=O) groups excluding carboxylic acids is 1. The Labute approximate surface area is 166 Å². The highest BCUT2D eigenvalue weighted by Gasteiger charge is 2.24. The van der Waals surface area contributed by atoms with Gasteiger partial charge in [0, 0.05) is 6.07 Å². The summed E-state index contributed by atoms with van der Waals surface area (Å²) in [5.41, 5.74) is 6.64. The van der Waals surface area contributed by atoms with Crippen molar-refractivity contribution in [1.82, 2.24) is 9.97 Å². The van der Waals surface area contributed by atoms with Crippen LogP contribution in [-0.2, 0) is 4.79 Å². The molecule has 0 saturated carbocycles. The van der Waals surface area contributed by atoms with Crippen molar-refractivity contribution in [2.75, 3.05) is 17.7 Å². The van der Waals surface area contributed by atoms with Gasteiger partial charge in [-0.1, -0.05) is 54.2 Å². The number of nitrogens with two attached hydrogens (primary N) is 1. The topological polar surface area (TPSA) is 110 Å². The number of ether oxygens (including phenoxy) is 1. The molecule has 0 spiro atoms. The summed E-state index contributed by atoms with van der Waals surface area (Å²) < 4.78 is 5.58. The highest BCUT2D eigenvalue weighted by atomic mass is 32.2. The summed E-state index contributed by atoms with van der Waals surface area (Å²) in [4.78, 5) is 31.5. The fourth-order valence-corrected chi connectivity index (χ4v) is 3.57. The van der Waals surface area contributed by atoms with E-state index >= 15 is 0 Å². The SMILES string of the molecule is CCOc1ccccc1NC(=O)C(Sc1nc(N)cc(=O)[nH]1)c1ccccc1. The van der Waals surface area contributed by atoms with Crippen molar-refractivity contribution in [1.29, 1.82) is 0 Å². The smallest absolute Gasteiger partial charge is 0.253 e. The number of nitrogens with one attached hydrogen (secondary N) is 2. The van der Waals surface area contributed by atoms with Crippen LogP contribution in [0.15, 0.2) is 70.6 Å². The molecule has 1 aromatic heterocycles. The summed E-state index contributed by atoms with van der Waals surface area (Å²) in [6, 6.07) is 17.7. The lowest BCUT2D eigenvalue weighted by Gasteiger charge is -2.18. The lowest BCUT2D eigenvalue weighted by atomic mass is 10.1. The quantitative estimate of drug-likeness (QED) is 0.418. The number of H-pyrrole nitrogens is 1. The second kappa shape index (κ2) is 9.09. The van der Waals surface area contributed by atoms with Crippen molar-refractivity contribution < 1.29 is 9.53 Å². The summed E-state index contributed by atoms with van der Waals surface area (Å²) >= 11 is 1.12. The minimum absolute atomic E-state index is 0.0974. The van der Waals surface area contributed by atoms with Gasteiger partial charge in [0.25, 0.3) is 5.56 Å². The fraction of sp³-hybridized carbons (Fsp3) is 0.150. The normalized spacial score (nSPS) is 11.6. The molecule has 1 heterocycles. The molecule has 0 radical (unpaired) electrons. The maximum atomic E-state index is 13.1. The van der Waals surface area contributed by atoms with Gasteiger partial charge in [-0.25, -0.2) is 4.98 Å². The zero-order valence-corrected chi connectivity index (χ0v) is 16.0. The number of rotatable bonds is 7. The molecule has 3 rings (SSSR count). The Morgan fingerprint density at radius 3 is 2.64 bits per heavy atom. The molecule has 0 saturated heterocycles. The van der Waals surface area contributed by atoms with E-state index in [2.05, 4.69) is 15.3 Å². The Kier molecular flexibility index (Phi) is 6.33. The molecule has 2 aromatic carbocycles. The molecule has 0 aliphatic heterocycles. The molecule has 144 valence electrons. The molecule has 0 aliphatic carbocycles. The van der Waals surface area contributed by atoms with Crippen LogP contribution in [0.2, 0.25) is 0 Å². The highest BCUT2D eigenvalue weighted by Crippen LogP contribution is 2.35. The molecule has 4 N–H and O–H groups in total. The molecule has 1 atom stereocenters. The minimum atomic E-state index is -0.652. The Bertz CT molecular complexity index is 1010. The van der Waals surface area contributed by atoms with E-state index in [9.17, 15) is 9.59 Å². The number of nitrogens with zero attached hydrogens (tertiary/aromatic N) is 1. The van der Waals surface area contributed by atoms with E-state index in [1.807, 2.05) is 49.4 Å². The van der Waals surface area contributed by atoms with Crippen LogP contribution in [0.4, 0.5) is 11.5 Å². The number of amides is 1. The van der Waals surface area contributed by atoms with Crippen LogP contribution in [0.5, 0.6) is 5.75 Å². The van der Waals surface area contributed by atoms with E-state index in [0.717, 1.165) is 17.3 Å². The van der Waals surface area contributed by atoms with E-state index in [-0.39, 0.29) is 22.4 Å². The fourth-order valence-electron chi connectivity index (χ4n) is 2.57. The number of thioether (sulfide) groups is 1. The van der Waals surface area contributed by atoms with E-state index in [0.29, 0.717) is 18.0 Å². The number of hydrogen-bond acceptors (Lipinski definition) is 6. The number of para-hydroxylation sites is 2. The standard InChI is InChI=1S/C20H20N4O3S/c1-2-27-15-11-7-6-10-14(15)22-19(26)18(13-8-4-3-5-9-13)28-20-23-16(21)12-17(25)24-20/h3-12,18H,2H2,1H3,(H,22,26)(H3,21,23,24,25). The molecule has 7 nitrogen and oxygen atoms in total. The summed E-state index contributed by atoms with van der Waals surface area (Å²) in [5.74, 6) is 0.416. The number of aromatic nitrogens is 2. The van der Waals surface area contributed by atoms with Gasteiger partial charge in [0.15, 0.2) is 5.16 Å². The zero-order valence-electron chi connectivity index (χ0n) is 15.2. The molecule has 0 aliphatic rings. The molecule has 8 heteroatoms. The van der Waals surface area contributed by atoms with Crippen LogP contribution in [0.3, 0.4) is 0 Å². The van der Waals surface area contributed by atoms with Crippen molar-refractivity contribution in [3.05, 3.63) is 76.6 Å². The second-order valence-electron chi connectivity index (χ2n) is 5.80. The molecular weight excluding hydrogens is 376 g/mol. The average Bonchev–Trinajstić information content (AvgIpc) is 2.68. The molecule has 28 heavy (non-hydrogen) atoms. The first-order chi connectivity index (χ1) is 13.6. The molecule has 0 bridgehead atoms. The second-order valence-corrected chi connectivity index (χ2v) is 6.90. The van der Waals surface area contributed by atoms with Gasteiger partial charge in [-0.15, -0.1) is 0 Å². The van der Waals surface area contributed by atoms with Crippen molar-refractivity contribution in [3.8, 4) is 5.75 Å². The average molecular weight is 396 g/mol. The lowest BCUT2D eigenvalue weighted by molar-refractivity contribution is -0.115. The van der Waals surface area contributed by atoms with Crippen LogP contribution < -0.4 is 21.3 Å². The first-order valence-corrected chi connectivity index (χ1v) is 9.56. The highest BCUT2D eigenvalue weighted by molar-refractivity contribution is 8.00. The number of benzene rings is 2. The predicted octanol–water partition coefficient (Wildman–Crippen LogP) is 3.22. The largest absolute Gasteiger partial charge is 0.492 e. The molecule has 1 amide bonds. The monoisotopic (exact) mass is 396 g/mol. The maximum absolute atomic E-state index is 13.1. The summed E-state index contributed by atoms with van der Waals surface area (Å²) in [6.45, 7) is 2.36. The Hall–Kier alpha value is -3.26. The van der Waals surface area contributed by atoms with E-state index in [1.165, 1.54) is 6.07 Å². The van der Waals surface area contributed by atoms with Crippen molar-refractivity contribution in [3.63, 3.8) is 0 Å². The Morgan fingerprint density at radius 1 is 1.21 bits per heavy atom. The van der Waals surface area contributed by atoms with Crippen molar-refractivity contribution in [2.24, 2.45) is 0 Å². The first-order valence-electron chi connectivity index (χ1n) is 8.68. The van der Waals surface area contributed by atoms with Crippen molar-refractivity contribution >= 4 is 29.2 Å². The summed E-state index contributed by atoms with van der Waals surface area (Å²) in [5, 5.41) is 2.53. The zero-order chi connectivity index (χ0) is 19.9. The number of nitrogen functional groups attached to an aromatic ring is 1. The van der Waals surface area contributed by atoms with Crippen LogP contribution >= 0.6 is 11.8 Å². The van der Waals surface area contributed by atoms with Gasteiger partial charge in [0.1, 0.15) is 16.8 Å². The van der Waals surface area contributed by atoms with Crippen LogP contribution in [0.1, 0.15) is 17.7 Å². The van der Waals surface area contributed by atoms with Gasteiger partial charge >= 0.3 is 0 Å². The van der Waals surface area contributed by atoms with Gasteiger partial charge in [-0.05, 0) is 24.6 Å². The first kappa shape index (κ1) is 19.5. The van der Waals surface area contributed by atoms with E-state index < -0.39 is 5.25 Å². The van der Waals surface area contributed by atoms with Gasteiger partial charge in [-0.3, -0.25) is 9.59 Å². The predicted molar refractivity (Wildman–Crippen MR) is 111 cm³/mol. The molecule has 3 aromatic rings. The number of hydrogen-bond donors (Lipinski definition) is 3. The molecular formula is C20H20N4O3S. The number of anilines is 2. The van der Waals surface area contributed by atoms with Gasteiger partial charge in [0.2, 0.25) is 5.91 Å². The third kappa shape index (κ3) is 4.92. The van der Waals surface area contributed by atoms with Gasteiger partial charge in [-0.2, -0.15) is 0 Å². The van der Waals surface area contributed by atoms with Crippen LogP contribution in [-0.4, -0.2) is 22.5 Å². The van der Waals surface area contributed by atoms with E-state index in [1.54, 1.807) is 12.1 Å².